The van der Waals surface area contributed by atoms with Crippen LogP contribution in [0.4, 0.5) is 10.1 Å². The second-order valence-electron chi connectivity index (χ2n) is 5.24. The molecule has 2 aromatic rings. The standard InChI is InChI=1S/C18H19ClFNOS/c1-3-13-6-4-5-12(2)18(13)21-17(22)11-23-10-14-7-8-15(19)9-16(14)20/h4-9H,3,10-11H2,1-2H3,(H,21,22). The number of amides is 1. The Labute approximate surface area is 145 Å². The number of benzene rings is 2. The van der Waals surface area contributed by atoms with Crippen LogP contribution >= 0.6 is 23.4 Å². The van der Waals surface area contributed by atoms with E-state index in [9.17, 15) is 9.18 Å². The highest BCUT2D eigenvalue weighted by Gasteiger charge is 2.10. The Bertz CT molecular complexity index is 705. The van der Waals surface area contributed by atoms with E-state index in [2.05, 4.69) is 12.2 Å². The molecular weight excluding hydrogens is 333 g/mol. The Kier molecular flexibility index (Phi) is 6.48. The van der Waals surface area contributed by atoms with E-state index in [4.69, 9.17) is 11.6 Å². The van der Waals surface area contributed by atoms with Crippen LogP contribution in [0.15, 0.2) is 36.4 Å². The molecule has 2 nitrogen and oxygen atoms in total. The second kappa shape index (κ2) is 8.37. The third-order valence-corrected chi connectivity index (χ3v) is 4.73. The van der Waals surface area contributed by atoms with E-state index < -0.39 is 0 Å². The smallest absolute Gasteiger partial charge is 0.234 e. The van der Waals surface area contributed by atoms with Crippen LogP contribution in [0.1, 0.15) is 23.6 Å². The largest absolute Gasteiger partial charge is 0.325 e. The maximum atomic E-state index is 13.7. The van der Waals surface area contributed by atoms with Crippen LogP contribution in [0.3, 0.4) is 0 Å². The van der Waals surface area contributed by atoms with Gasteiger partial charge in [-0.15, -0.1) is 11.8 Å². The maximum Gasteiger partial charge on any atom is 0.234 e. The zero-order chi connectivity index (χ0) is 16.8. The van der Waals surface area contributed by atoms with Crippen LogP contribution in [0, 0.1) is 12.7 Å². The summed E-state index contributed by atoms with van der Waals surface area (Å²) in [6.45, 7) is 4.04. The molecule has 0 bridgehead atoms. The Morgan fingerprint density at radius 2 is 2.04 bits per heavy atom. The van der Waals surface area contributed by atoms with E-state index in [-0.39, 0.29) is 17.5 Å². The lowest BCUT2D eigenvalue weighted by molar-refractivity contribution is -0.113. The molecule has 0 aliphatic rings. The Morgan fingerprint density at radius 1 is 1.26 bits per heavy atom. The predicted molar refractivity (Wildman–Crippen MR) is 96.8 cm³/mol. The maximum absolute atomic E-state index is 13.7. The molecule has 122 valence electrons. The summed E-state index contributed by atoms with van der Waals surface area (Å²) in [7, 11) is 0. The molecule has 0 aromatic heterocycles. The molecule has 1 amide bonds. The van der Waals surface area contributed by atoms with Crippen LogP contribution < -0.4 is 5.32 Å². The SMILES string of the molecule is CCc1cccc(C)c1NC(=O)CSCc1ccc(Cl)cc1F. The van der Waals surface area contributed by atoms with Crippen molar-refractivity contribution in [3.8, 4) is 0 Å². The van der Waals surface area contributed by atoms with Gasteiger partial charge in [-0.1, -0.05) is 42.8 Å². The number of halogens is 2. The van der Waals surface area contributed by atoms with Crippen molar-refractivity contribution in [2.24, 2.45) is 0 Å². The van der Waals surface area contributed by atoms with E-state index in [1.54, 1.807) is 12.1 Å². The fourth-order valence-corrected chi connectivity index (χ4v) is 3.24. The monoisotopic (exact) mass is 351 g/mol. The first-order chi connectivity index (χ1) is 11.0. The lowest BCUT2D eigenvalue weighted by Gasteiger charge is -2.13. The van der Waals surface area contributed by atoms with Gasteiger partial charge in [0.1, 0.15) is 5.82 Å². The summed E-state index contributed by atoms with van der Waals surface area (Å²) in [4.78, 5) is 12.1. The van der Waals surface area contributed by atoms with Crippen molar-refractivity contribution in [3.63, 3.8) is 0 Å². The molecule has 2 aromatic carbocycles. The van der Waals surface area contributed by atoms with Crippen LogP contribution in [0.5, 0.6) is 0 Å². The molecular formula is C18H19ClFNOS. The van der Waals surface area contributed by atoms with Crippen LogP contribution in [0.2, 0.25) is 5.02 Å². The van der Waals surface area contributed by atoms with Crippen molar-refractivity contribution < 1.29 is 9.18 Å². The number of hydrogen-bond donors (Lipinski definition) is 1. The van der Waals surface area contributed by atoms with E-state index >= 15 is 0 Å². The minimum atomic E-state index is -0.336. The summed E-state index contributed by atoms with van der Waals surface area (Å²) in [6, 6.07) is 10.6. The van der Waals surface area contributed by atoms with Crippen molar-refractivity contribution in [1.29, 1.82) is 0 Å². The summed E-state index contributed by atoms with van der Waals surface area (Å²) < 4.78 is 13.7. The number of hydrogen-bond acceptors (Lipinski definition) is 2. The summed E-state index contributed by atoms with van der Waals surface area (Å²) in [5, 5.41) is 3.34. The van der Waals surface area contributed by atoms with Gasteiger partial charge in [-0.05, 0) is 42.2 Å². The summed E-state index contributed by atoms with van der Waals surface area (Å²) in [5.41, 5.74) is 3.61. The average molecular weight is 352 g/mol. The van der Waals surface area contributed by atoms with Crippen molar-refractivity contribution in [2.45, 2.75) is 26.0 Å². The Hall–Kier alpha value is -1.52. The number of thioether (sulfide) groups is 1. The van der Waals surface area contributed by atoms with Crippen LogP contribution in [-0.2, 0) is 17.0 Å². The minimum Gasteiger partial charge on any atom is -0.325 e. The van der Waals surface area contributed by atoms with E-state index in [1.807, 2.05) is 25.1 Å². The first kappa shape index (κ1) is 17.8. The molecule has 0 spiro atoms. The molecule has 0 atom stereocenters. The molecule has 0 aliphatic heterocycles. The number of para-hydroxylation sites is 1. The summed E-state index contributed by atoms with van der Waals surface area (Å²) >= 11 is 7.10. The predicted octanol–water partition coefficient (Wildman–Crippen LogP) is 5.22. The Balaban J connectivity index is 1.91. The number of aryl methyl sites for hydroxylation is 2. The highest BCUT2D eigenvalue weighted by atomic mass is 35.5. The summed E-state index contributed by atoms with van der Waals surface area (Å²) in [5.74, 6) is 0.302. The highest BCUT2D eigenvalue weighted by Crippen LogP contribution is 2.22. The quantitative estimate of drug-likeness (QED) is 0.772. The molecule has 0 saturated carbocycles. The van der Waals surface area contributed by atoms with Gasteiger partial charge in [0.05, 0.1) is 5.75 Å². The third-order valence-electron chi connectivity index (χ3n) is 3.51. The van der Waals surface area contributed by atoms with Gasteiger partial charge in [0.2, 0.25) is 5.91 Å². The van der Waals surface area contributed by atoms with Crippen molar-refractivity contribution >= 4 is 35.0 Å². The number of carbonyl (C=O) groups excluding carboxylic acids is 1. The zero-order valence-electron chi connectivity index (χ0n) is 13.2. The molecule has 1 N–H and O–H groups in total. The van der Waals surface area contributed by atoms with Crippen LogP contribution in [0.25, 0.3) is 0 Å². The van der Waals surface area contributed by atoms with Gasteiger partial charge in [0.25, 0.3) is 0 Å². The molecule has 0 radical (unpaired) electrons. The third kappa shape index (κ3) is 4.98. The van der Waals surface area contributed by atoms with E-state index in [0.29, 0.717) is 16.3 Å². The first-order valence-corrected chi connectivity index (χ1v) is 8.94. The molecule has 2 rings (SSSR count). The lowest BCUT2D eigenvalue weighted by atomic mass is 10.1. The van der Waals surface area contributed by atoms with Crippen molar-refractivity contribution in [2.75, 3.05) is 11.1 Å². The molecule has 23 heavy (non-hydrogen) atoms. The fourth-order valence-electron chi connectivity index (χ4n) is 2.27. The number of nitrogens with one attached hydrogen (secondary N) is 1. The van der Waals surface area contributed by atoms with Gasteiger partial charge in [0, 0.05) is 16.5 Å². The molecule has 0 fully saturated rings. The molecule has 0 unspecified atom stereocenters. The van der Waals surface area contributed by atoms with Crippen molar-refractivity contribution in [3.05, 3.63) is 63.9 Å². The summed E-state index contributed by atoms with van der Waals surface area (Å²) in [6.07, 6.45) is 0.862. The van der Waals surface area contributed by atoms with Gasteiger partial charge in [-0.25, -0.2) is 4.39 Å². The molecule has 5 heteroatoms. The van der Waals surface area contributed by atoms with Gasteiger partial charge < -0.3 is 5.32 Å². The second-order valence-corrected chi connectivity index (χ2v) is 6.66. The van der Waals surface area contributed by atoms with E-state index in [0.717, 1.165) is 23.2 Å². The molecule has 0 saturated heterocycles. The average Bonchev–Trinajstić information content (AvgIpc) is 2.51. The minimum absolute atomic E-state index is 0.0756. The Morgan fingerprint density at radius 3 is 2.74 bits per heavy atom. The normalized spacial score (nSPS) is 10.6. The van der Waals surface area contributed by atoms with Crippen LogP contribution in [-0.4, -0.2) is 11.7 Å². The zero-order valence-corrected chi connectivity index (χ0v) is 14.7. The highest BCUT2D eigenvalue weighted by molar-refractivity contribution is 7.99. The van der Waals surface area contributed by atoms with Gasteiger partial charge >= 0.3 is 0 Å². The number of carbonyl (C=O) groups is 1. The first-order valence-electron chi connectivity index (χ1n) is 7.41. The fraction of sp³-hybridized carbons (Fsp3) is 0.278. The van der Waals surface area contributed by atoms with Gasteiger partial charge in [-0.2, -0.15) is 0 Å². The lowest BCUT2D eigenvalue weighted by Crippen LogP contribution is -2.16. The molecule has 0 aliphatic carbocycles. The van der Waals surface area contributed by atoms with Crippen molar-refractivity contribution in [1.82, 2.24) is 0 Å². The van der Waals surface area contributed by atoms with E-state index in [1.165, 1.54) is 17.8 Å². The van der Waals surface area contributed by atoms with Gasteiger partial charge in [0.15, 0.2) is 0 Å². The number of anilines is 1. The van der Waals surface area contributed by atoms with Gasteiger partial charge in [-0.3, -0.25) is 4.79 Å². The molecule has 0 heterocycles. The topological polar surface area (TPSA) is 29.1 Å². The number of rotatable bonds is 6.